The van der Waals surface area contributed by atoms with Crippen molar-refractivity contribution in [2.24, 2.45) is 26.7 Å². The van der Waals surface area contributed by atoms with Gasteiger partial charge in [-0.05, 0) is 78.9 Å². The Balaban J connectivity index is 0.000000531. The number of H-pyrrole nitrogens is 2. The van der Waals surface area contributed by atoms with E-state index in [1.54, 1.807) is 30.1 Å². The average molecular weight is 1280 g/mol. The van der Waals surface area contributed by atoms with Crippen LogP contribution in [0.1, 0.15) is 354 Å². The summed E-state index contributed by atoms with van der Waals surface area (Å²) in [7, 11) is 0. The number of rotatable bonds is 0. The van der Waals surface area contributed by atoms with Crippen LogP contribution in [0.15, 0.2) is 85.6 Å². The molecule has 0 saturated heterocycles. The molecule has 0 spiro atoms. The number of aromatic nitrogens is 6. The Morgan fingerprint density at radius 1 is 0.363 bits per heavy atom. The number of aromatic amines is 2. The van der Waals surface area contributed by atoms with Crippen LogP contribution in [0.3, 0.4) is 0 Å². The van der Waals surface area contributed by atoms with Gasteiger partial charge >= 0.3 is 0 Å². The quantitative estimate of drug-likeness (QED) is 0.159. The second-order valence-electron chi connectivity index (χ2n) is 39.9. The minimum atomic E-state index is 0.0408. The van der Waals surface area contributed by atoms with Gasteiger partial charge in [0, 0.05) is 67.1 Å². The van der Waals surface area contributed by atoms with Gasteiger partial charge in [0.05, 0.1) is 53.6 Å². The molecule has 6 heterocycles. The predicted octanol–water partition coefficient (Wildman–Crippen LogP) is 24.7. The third-order valence-electron chi connectivity index (χ3n) is 15.6. The molecule has 5 aromatic heterocycles. The van der Waals surface area contributed by atoms with Crippen molar-refractivity contribution in [2.75, 3.05) is 6.54 Å². The Kier molecular flexibility index (Phi) is 27.9. The van der Waals surface area contributed by atoms with Crippen LogP contribution in [0.5, 0.6) is 0 Å². The predicted molar refractivity (Wildman–Crippen MR) is 400 cm³/mol. The SMILES string of the molecule is CC(C)(C)C1=C(C(C)(C)C)CC=C1.CC(C)(C)C1=C(C(C)(C)C)CN=C1.CC(C)(C)c1cc[nH]c1C(C)(C)C.CC(C)(C)c1ccoc1C(C)(C)C.CC(C)(C)c1nc[nH]c1C(C)(C)C.CC(C)(C)c1ncoc1C(C)(C)C.CC(C)(C)c1nsnc1C(C)(C)C. The largest absolute Gasteiger partial charge is 0.468 e. The Morgan fingerprint density at radius 2 is 0.791 bits per heavy atom. The average Bonchev–Trinajstić information content (AvgIpc) is 1.83. The van der Waals surface area contributed by atoms with Crippen LogP contribution in [0.2, 0.25) is 0 Å². The van der Waals surface area contributed by atoms with Gasteiger partial charge < -0.3 is 18.8 Å². The topological polar surface area (TPSA) is 122 Å². The summed E-state index contributed by atoms with van der Waals surface area (Å²) in [6, 6.07) is 4.28. The van der Waals surface area contributed by atoms with Gasteiger partial charge in [-0.3, -0.25) is 4.99 Å². The zero-order chi connectivity index (χ0) is 71.9. The number of aliphatic imine (C=N–C) groups is 1. The fraction of sp³-hybridized carbons (Fsp3) is 0.716. The highest BCUT2D eigenvalue weighted by molar-refractivity contribution is 6.99. The molecule has 7 rings (SSSR count). The number of nitrogens with one attached hydrogen (secondary N) is 2. The third-order valence-corrected chi connectivity index (χ3v) is 16.1. The van der Waals surface area contributed by atoms with Gasteiger partial charge in [-0.15, -0.1) is 0 Å². The lowest BCUT2D eigenvalue weighted by Crippen LogP contribution is -2.21. The second kappa shape index (κ2) is 30.0. The number of oxazole rings is 1. The number of allylic oxidation sites excluding steroid dienone is 5. The van der Waals surface area contributed by atoms with Crippen molar-refractivity contribution < 1.29 is 8.83 Å². The molecule has 2 N–H and O–H groups in total. The van der Waals surface area contributed by atoms with E-state index in [1.807, 2.05) is 6.20 Å². The van der Waals surface area contributed by atoms with Crippen LogP contribution in [-0.4, -0.2) is 41.4 Å². The molecular weight excluding hydrogens is 1140 g/mol. The third kappa shape index (κ3) is 26.6. The zero-order valence-corrected chi connectivity index (χ0v) is 67.9. The molecule has 1 aliphatic heterocycles. The highest BCUT2D eigenvalue weighted by Gasteiger charge is 2.34. The zero-order valence-electron chi connectivity index (χ0n) is 67.1. The number of furan rings is 1. The van der Waals surface area contributed by atoms with Crippen molar-refractivity contribution in [1.29, 1.82) is 0 Å². The fourth-order valence-corrected chi connectivity index (χ4v) is 11.5. The van der Waals surface area contributed by atoms with Gasteiger partial charge in [0.15, 0.2) is 6.39 Å². The van der Waals surface area contributed by atoms with E-state index in [9.17, 15) is 0 Å². The molecule has 0 bridgehead atoms. The Morgan fingerprint density at radius 3 is 1.09 bits per heavy atom. The maximum absolute atomic E-state index is 5.56. The fourth-order valence-electron chi connectivity index (χ4n) is 10.6. The van der Waals surface area contributed by atoms with Crippen molar-refractivity contribution >= 4 is 17.9 Å². The Bertz CT molecular complexity index is 2570. The smallest absolute Gasteiger partial charge is 0.181 e. The van der Waals surface area contributed by atoms with E-state index < -0.39 is 0 Å². The molecule has 518 valence electrons. The van der Waals surface area contributed by atoms with Crippen molar-refractivity contribution in [3.63, 3.8) is 0 Å². The number of hydrogen-bond donors (Lipinski definition) is 2. The van der Waals surface area contributed by atoms with E-state index >= 15 is 0 Å². The molecule has 0 aromatic carbocycles. The monoisotopic (exact) mass is 1280 g/mol. The lowest BCUT2D eigenvalue weighted by Gasteiger charge is -2.29. The van der Waals surface area contributed by atoms with Crippen molar-refractivity contribution in [2.45, 2.75) is 351 Å². The molecule has 2 aliphatic rings. The van der Waals surface area contributed by atoms with E-state index in [2.05, 4.69) is 355 Å². The Hall–Kier alpha value is -4.57. The van der Waals surface area contributed by atoms with Crippen LogP contribution >= 0.6 is 11.7 Å². The normalized spacial score (nSPS) is 14.9. The van der Waals surface area contributed by atoms with E-state index in [-0.39, 0.29) is 65.0 Å². The molecule has 0 amide bonds. The first-order chi connectivity index (χ1) is 40.1. The summed E-state index contributed by atoms with van der Waals surface area (Å²) in [6.45, 7) is 94.1. The van der Waals surface area contributed by atoms with Crippen LogP contribution in [0.25, 0.3) is 0 Å². The molecule has 0 atom stereocenters. The summed E-state index contributed by atoms with van der Waals surface area (Å²) in [5.41, 5.74) is 18.4. The van der Waals surface area contributed by atoms with Gasteiger partial charge in [-0.2, -0.15) is 8.75 Å². The molecule has 5 aromatic rings. The lowest BCUT2D eigenvalue weighted by molar-refractivity contribution is 0.392. The highest BCUT2D eigenvalue weighted by atomic mass is 32.1. The minimum absolute atomic E-state index is 0.0408. The van der Waals surface area contributed by atoms with E-state index in [1.165, 1.54) is 51.1 Å². The molecule has 0 fully saturated rings. The van der Waals surface area contributed by atoms with E-state index in [0.29, 0.717) is 10.8 Å². The molecule has 9 nitrogen and oxygen atoms in total. The summed E-state index contributed by atoms with van der Waals surface area (Å²) in [4.78, 5) is 19.7. The van der Waals surface area contributed by atoms with Crippen molar-refractivity contribution in [1.82, 2.24) is 28.7 Å². The van der Waals surface area contributed by atoms with E-state index in [0.717, 1.165) is 41.6 Å². The molecule has 0 unspecified atom stereocenters. The van der Waals surface area contributed by atoms with Gasteiger partial charge in [0.2, 0.25) is 0 Å². The lowest BCUT2D eigenvalue weighted by atomic mass is 9.76. The molecule has 10 heteroatoms. The van der Waals surface area contributed by atoms with Gasteiger partial charge in [0.1, 0.15) is 11.5 Å². The molecular formula is C81H141N7O2S. The van der Waals surface area contributed by atoms with E-state index in [4.69, 9.17) is 8.83 Å². The first-order valence-corrected chi connectivity index (χ1v) is 34.6. The van der Waals surface area contributed by atoms with Gasteiger partial charge in [-0.1, -0.05) is 309 Å². The van der Waals surface area contributed by atoms with Crippen LogP contribution in [-0.2, 0) is 54.1 Å². The number of imidazole rings is 1. The maximum Gasteiger partial charge on any atom is 0.181 e. The number of nitrogens with zero attached hydrogens (tertiary/aromatic N) is 5. The standard InChI is InChI=1S/C13H22.2C12H21N.C12H20O.C11H20N2.C11H19NO.C10H18N2S/c1-12(2,3)10-8-7-9-11(10)13(4,5)6;1-11(2,3)9-7-13-8-10(9)12(4,5)6;2*1-11(2,3)9-7-8-13-10(9)12(4,5)6;2*1-10(2,3)8-9(11(4,5)6)13-7-12-8;1-9(2,3)7-8(10(4,5)6)12-13-11-7/h7-8H,9H2,1-6H3;7H,8H2,1-6H3;7-8,13H,1-6H3;7-8H,1-6H3;7H,1-6H3,(H,12,13);7H,1-6H3;1-6H3. The second-order valence-corrected chi connectivity index (χ2v) is 40.4. The first-order valence-electron chi connectivity index (χ1n) is 33.8. The first kappa shape index (κ1) is 84.4. The van der Waals surface area contributed by atoms with Gasteiger partial charge in [0.25, 0.3) is 0 Å². The van der Waals surface area contributed by atoms with Crippen LogP contribution in [0.4, 0.5) is 0 Å². The summed E-state index contributed by atoms with van der Waals surface area (Å²) < 4.78 is 19.8. The molecule has 1 aliphatic carbocycles. The highest BCUT2D eigenvalue weighted by Crippen LogP contribution is 2.43. The summed E-state index contributed by atoms with van der Waals surface area (Å²) >= 11 is 1.32. The summed E-state index contributed by atoms with van der Waals surface area (Å²) in [6.07, 6.45) is 15.0. The minimum Gasteiger partial charge on any atom is -0.468 e. The van der Waals surface area contributed by atoms with Crippen molar-refractivity contribution in [3.05, 3.63) is 129 Å². The van der Waals surface area contributed by atoms with Gasteiger partial charge in [-0.25, -0.2) is 9.97 Å². The van der Waals surface area contributed by atoms with Crippen LogP contribution < -0.4 is 0 Å². The number of hydrogen-bond acceptors (Lipinski definition) is 8. The van der Waals surface area contributed by atoms with Crippen LogP contribution in [0, 0.1) is 21.7 Å². The summed E-state index contributed by atoms with van der Waals surface area (Å²) in [5.74, 6) is 2.11. The summed E-state index contributed by atoms with van der Waals surface area (Å²) in [5, 5.41) is 0. The molecule has 91 heavy (non-hydrogen) atoms. The molecule has 0 saturated carbocycles. The maximum atomic E-state index is 5.56. The Labute approximate surface area is 565 Å². The van der Waals surface area contributed by atoms with Crippen molar-refractivity contribution in [3.8, 4) is 0 Å². The molecule has 0 radical (unpaired) electrons.